The summed E-state index contributed by atoms with van der Waals surface area (Å²) < 4.78 is 28.0. The minimum absolute atomic E-state index is 0.0844. The van der Waals surface area contributed by atoms with Gasteiger partial charge in [0.05, 0.1) is 18.0 Å². The molecule has 9 heteroatoms. The summed E-state index contributed by atoms with van der Waals surface area (Å²) in [4.78, 5) is 15.0. The highest BCUT2D eigenvalue weighted by Gasteiger charge is 2.31. The van der Waals surface area contributed by atoms with Gasteiger partial charge in [0, 0.05) is 31.2 Å². The molecule has 0 spiro atoms. The van der Waals surface area contributed by atoms with Gasteiger partial charge in [-0.1, -0.05) is 24.4 Å². The summed E-state index contributed by atoms with van der Waals surface area (Å²) in [6, 6.07) is 3.26. The number of nitrogens with one attached hydrogen (secondary N) is 1. The largest absolute Gasteiger partial charge is 0.391 e. The maximum Gasteiger partial charge on any atom is 0.292 e. The van der Waals surface area contributed by atoms with E-state index >= 15 is 0 Å². The Morgan fingerprint density at radius 3 is 2.57 bits per heavy atom. The van der Waals surface area contributed by atoms with Crippen molar-refractivity contribution < 1.29 is 13.9 Å². The van der Waals surface area contributed by atoms with Crippen molar-refractivity contribution in [3.63, 3.8) is 0 Å². The lowest BCUT2D eigenvalue weighted by molar-refractivity contribution is 0.00993. The van der Waals surface area contributed by atoms with Crippen LogP contribution in [0.5, 0.6) is 0 Å². The van der Waals surface area contributed by atoms with Crippen LogP contribution in [0.25, 0.3) is 5.69 Å². The zero-order valence-electron chi connectivity index (χ0n) is 16.5. The summed E-state index contributed by atoms with van der Waals surface area (Å²) in [6.07, 6.45) is 7.01. The molecule has 2 aromatic rings. The van der Waals surface area contributed by atoms with Crippen molar-refractivity contribution in [2.24, 2.45) is 0 Å². The third-order valence-corrected chi connectivity index (χ3v) is 6.47. The van der Waals surface area contributed by atoms with Crippen LogP contribution < -0.4 is 10.9 Å². The second-order valence-corrected chi connectivity index (χ2v) is 8.44. The molecule has 0 amide bonds. The number of aliphatic hydroxyl groups excluding tert-OH is 1. The molecule has 162 valence electrons. The van der Waals surface area contributed by atoms with Gasteiger partial charge in [-0.05, 0) is 37.8 Å². The van der Waals surface area contributed by atoms with Crippen molar-refractivity contribution in [3.05, 3.63) is 51.4 Å². The van der Waals surface area contributed by atoms with E-state index in [1.54, 1.807) is 0 Å². The number of aromatic nitrogens is 2. The Hall–Kier alpha value is -2.03. The first kappa shape index (κ1) is 21.2. The number of hydrogen-bond donors (Lipinski definition) is 2. The zero-order valence-corrected chi connectivity index (χ0v) is 17.3. The molecule has 2 aliphatic rings. The topological polar surface area (TPSA) is 70.4 Å². The van der Waals surface area contributed by atoms with Crippen molar-refractivity contribution in [3.8, 4) is 5.69 Å². The monoisotopic (exact) mass is 438 g/mol. The molecule has 2 unspecified atom stereocenters. The first-order chi connectivity index (χ1) is 14.4. The second kappa shape index (κ2) is 8.99. The Labute approximate surface area is 178 Å². The normalized spacial score (nSPS) is 23.5. The number of nitrogens with zero attached hydrogens (tertiary/aromatic N) is 3. The number of piperidine rings is 1. The Morgan fingerprint density at radius 2 is 1.87 bits per heavy atom. The van der Waals surface area contributed by atoms with E-state index in [-0.39, 0.29) is 28.9 Å². The molecule has 2 N–H and O–H groups in total. The van der Waals surface area contributed by atoms with Gasteiger partial charge in [-0.3, -0.25) is 9.69 Å². The molecule has 4 rings (SSSR count). The Morgan fingerprint density at radius 1 is 1.13 bits per heavy atom. The van der Waals surface area contributed by atoms with Crippen LogP contribution in [0.3, 0.4) is 0 Å². The lowest BCUT2D eigenvalue weighted by Gasteiger charge is -2.41. The predicted molar refractivity (Wildman–Crippen MR) is 111 cm³/mol. The standard InChI is InChI=1S/C21H25ClF2N4O2/c22-20-16(12-25-28(21(20)30)17-6-5-13(23)11-15(17)24)26-14-7-9-27(10-8-14)18-3-1-2-4-19(18)29/h5-6,11-12,14,18-19,26,29H,1-4,7-10H2. The molecule has 6 nitrogen and oxygen atoms in total. The van der Waals surface area contributed by atoms with Crippen LogP contribution in [0.1, 0.15) is 38.5 Å². The van der Waals surface area contributed by atoms with Crippen LogP contribution in [0.15, 0.2) is 29.2 Å². The number of likely N-dealkylation sites (tertiary alicyclic amines) is 1. The van der Waals surface area contributed by atoms with E-state index in [1.807, 2.05) is 0 Å². The average Bonchev–Trinajstić information content (AvgIpc) is 2.73. The molecule has 1 saturated heterocycles. The van der Waals surface area contributed by atoms with Crippen molar-refractivity contribution in [2.45, 2.75) is 56.7 Å². The minimum atomic E-state index is -0.890. The minimum Gasteiger partial charge on any atom is -0.391 e. The summed E-state index contributed by atoms with van der Waals surface area (Å²) in [6.45, 7) is 1.73. The quantitative estimate of drug-likeness (QED) is 0.766. The molecule has 1 saturated carbocycles. The highest BCUT2D eigenvalue weighted by molar-refractivity contribution is 6.33. The molecular formula is C21H25ClF2N4O2. The van der Waals surface area contributed by atoms with Gasteiger partial charge in [-0.25, -0.2) is 8.78 Å². The van der Waals surface area contributed by atoms with E-state index in [0.29, 0.717) is 11.8 Å². The van der Waals surface area contributed by atoms with Gasteiger partial charge < -0.3 is 10.4 Å². The fourth-order valence-electron chi connectivity index (χ4n) is 4.47. The summed E-state index contributed by atoms with van der Waals surface area (Å²) in [5.41, 5.74) is -0.430. The summed E-state index contributed by atoms with van der Waals surface area (Å²) in [7, 11) is 0. The number of benzene rings is 1. The molecule has 2 atom stereocenters. The second-order valence-electron chi connectivity index (χ2n) is 8.06. The average molecular weight is 439 g/mol. The molecule has 0 bridgehead atoms. The van der Waals surface area contributed by atoms with E-state index in [4.69, 9.17) is 11.6 Å². The first-order valence-corrected chi connectivity index (χ1v) is 10.7. The third kappa shape index (κ3) is 4.36. The van der Waals surface area contributed by atoms with Crippen LogP contribution >= 0.6 is 11.6 Å². The molecular weight excluding hydrogens is 414 g/mol. The third-order valence-electron chi connectivity index (χ3n) is 6.11. The number of rotatable bonds is 4. The Balaban J connectivity index is 1.43. The van der Waals surface area contributed by atoms with Gasteiger partial charge in [-0.15, -0.1) is 0 Å². The SMILES string of the molecule is O=c1c(Cl)c(NC2CCN(C3CCCCC3O)CC2)cnn1-c1ccc(F)cc1F. The van der Waals surface area contributed by atoms with Gasteiger partial charge in [0.25, 0.3) is 5.56 Å². The highest BCUT2D eigenvalue weighted by Crippen LogP contribution is 2.27. The van der Waals surface area contributed by atoms with Gasteiger partial charge >= 0.3 is 0 Å². The number of anilines is 1. The van der Waals surface area contributed by atoms with Crippen molar-refractivity contribution in [1.82, 2.24) is 14.7 Å². The van der Waals surface area contributed by atoms with Crippen LogP contribution in [-0.2, 0) is 0 Å². The number of hydrogen-bond acceptors (Lipinski definition) is 5. The molecule has 1 aliphatic carbocycles. The fourth-order valence-corrected chi connectivity index (χ4v) is 4.65. The summed E-state index contributed by atoms with van der Waals surface area (Å²) in [5, 5.41) is 17.5. The molecule has 30 heavy (non-hydrogen) atoms. The van der Waals surface area contributed by atoms with Gasteiger partial charge in [0.15, 0.2) is 5.82 Å². The number of aliphatic hydroxyl groups is 1. The molecule has 1 aromatic heterocycles. The van der Waals surface area contributed by atoms with Gasteiger partial charge in [0.1, 0.15) is 16.5 Å². The Bertz CT molecular complexity index is 963. The molecule has 2 fully saturated rings. The molecule has 1 aliphatic heterocycles. The number of halogens is 3. The zero-order chi connectivity index (χ0) is 21.3. The van der Waals surface area contributed by atoms with E-state index < -0.39 is 17.2 Å². The van der Waals surface area contributed by atoms with Crippen LogP contribution in [0.4, 0.5) is 14.5 Å². The van der Waals surface area contributed by atoms with Crippen LogP contribution in [0, 0.1) is 11.6 Å². The van der Waals surface area contributed by atoms with Crippen LogP contribution in [0.2, 0.25) is 5.02 Å². The molecule has 1 aromatic carbocycles. The smallest absolute Gasteiger partial charge is 0.292 e. The van der Waals surface area contributed by atoms with Crippen molar-refractivity contribution in [1.29, 1.82) is 0 Å². The lowest BCUT2D eigenvalue weighted by Crippen LogP contribution is -2.50. The van der Waals surface area contributed by atoms with E-state index in [0.717, 1.165) is 68.4 Å². The highest BCUT2D eigenvalue weighted by atomic mass is 35.5. The lowest BCUT2D eigenvalue weighted by atomic mass is 9.89. The predicted octanol–water partition coefficient (Wildman–Crippen LogP) is 3.34. The summed E-state index contributed by atoms with van der Waals surface area (Å²) in [5.74, 6) is -1.63. The van der Waals surface area contributed by atoms with Crippen LogP contribution in [-0.4, -0.2) is 51.1 Å². The van der Waals surface area contributed by atoms with Crippen molar-refractivity contribution in [2.75, 3.05) is 18.4 Å². The van der Waals surface area contributed by atoms with E-state index in [2.05, 4.69) is 15.3 Å². The molecule has 0 radical (unpaired) electrons. The van der Waals surface area contributed by atoms with E-state index in [1.165, 1.54) is 6.20 Å². The fraction of sp³-hybridized carbons (Fsp3) is 0.524. The molecule has 2 heterocycles. The maximum absolute atomic E-state index is 14.0. The summed E-state index contributed by atoms with van der Waals surface area (Å²) >= 11 is 6.24. The Kier molecular flexibility index (Phi) is 6.36. The van der Waals surface area contributed by atoms with Crippen molar-refractivity contribution >= 4 is 17.3 Å². The van der Waals surface area contributed by atoms with Gasteiger partial charge in [0.2, 0.25) is 0 Å². The van der Waals surface area contributed by atoms with E-state index in [9.17, 15) is 18.7 Å². The van der Waals surface area contributed by atoms with Gasteiger partial charge in [-0.2, -0.15) is 9.78 Å². The first-order valence-electron chi connectivity index (χ1n) is 10.4. The maximum atomic E-state index is 14.0.